The van der Waals surface area contributed by atoms with E-state index in [0.29, 0.717) is 30.9 Å². The number of nitrogens with zero attached hydrogens (tertiary/aromatic N) is 2. The summed E-state index contributed by atoms with van der Waals surface area (Å²) in [6, 6.07) is 13.3. The van der Waals surface area contributed by atoms with Gasteiger partial charge in [0.25, 0.3) is 0 Å². The number of nitrogens with one attached hydrogen (secondary N) is 2. The van der Waals surface area contributed by atoms with Gasteiger partial charge < -0.3 is 29.4 Å². The standard InChI is InChI=1S/C25H28N4O5/c1-32-18-12-17(13-19(14-18)33-2)23-22-20(26-15-27-22)9-10-29(23)25(31)28-21(24(30)34-3)11-16-7-5-4-6-8-16/h4-8,12-15,21,23H,9-11H2,1-3H3,(H,26,27)(H,28,31)/t21-,23+/m1/s1. The minimum Gasteiger partial charge on any atom is -0.497 e. The molecule has 9 nitrogen and oxygen atoms in total. The first-order chi connectivity index (χ1) is 16.5. The first-order valence-corrected chi connectivity index (χ1v) is 11.0. The molecule has 0 spiro atoms. The Hall–Kier alpha value is -4.01. The zero-order valence-electron chi connectivity index (χ0n) is 19.4. The summed E-state index contributed by atoms with van der Waals surface area (Å²) in [6.45, 7) is 0.435. The van der Waals surface area contributed by atoms with Crippen molar-refractivity contribution in [1.29, 1.82) is 0 Å². The summed E-state index contributed by atoms with van der Waals surface area (Å²) in [5.41, 5.74) is 3.41. The third-order valence-corrected chi connectivity index (χ3v) is 5.94. The molecule has 0 saturated heterocycles. The number of methoxy groups -OCH3 is 3. The molecular formula is C25H28N4O5. The van der Waals surface area contributed by atoms with Gasteiger partial charge in [0.2, 0.25) is 0 Å². The molecule has 0 fully saturated rings. The maximum absolute atomic E-state index is 13.6. The fourth-order valence-corrected chi connectivity index (χ4v) is 4.24. The van der Waals surface area contributed by atoms with Crippen LogP contribution in [-0.4, -0.2) is 60.8 Å². The van der Waals surface area contributed by atoms with Gasteiger partial charge in [0.15, 0.2) is 0 Å². The van der Waals surface area contributed by atoms with Crippen LogP contribution in [-0.2, 0) is 22.4 Å². The molecule has 0 aliphatic carbocycles. The highest BCUT2D eigenvalue weighted by molar-refractivity contribution is 5.84. The highest BCUT2D eigenvalue weighted by atomic mass is 16.5. The van der Waals surface area contributed by atoms with Crippen LogP contribution in [0.3, 0.4) is 0 Å². The Morgan fingerprint density at radius 2 is 1.82 bits per heavy atom. The number of urea groups is 1. The second-order valence-corrected chi connectivity index (χ2v) is 7.97. The highest BCUT2D eigenvalue weighted by Crippen LogP contribution is 2.37. The Kier molecular flexibility index (Phi) is 7.01. The zero-order chi connectivity index (χ0) is 24.1. The van der Waals surface area contributed by atoms with E-state index in [9.17, 15) is 9.59 Å². The molecule has 4 rings (SSSR count). The van der Waals surface area contributed by atoms with Crippen molar-refractivity contribution < 1.29 is 23.8 Å². The Bertz CT molecular complexity index is 1120. The molecule has 0 unspecified atom stereocenters. The van der Waals surface area contributed by atoms with Crippen LogP contribution in [0.15, 0.2) is 54.9 Å². The van der Waals surface area contributed by atoms with Gasteiger partial charge in [0.05, 0.1) is 33.4 Å². The normalized spacial score (nSPS) is 15.7. The molecule has 1 aliphatic heterocycles. The SMILES string of the molecule is COC(=O)[C@@H](Cc1ccccc1)NC(=O)N1CCc2[nH]cnc2[C@@H]1c1cc(OC)cc(OC)c1. The van der Waals surface area contributed by atoms with Crippen molar-refractivity contribution in [1.82, 2.24) is 20.2 Å². The Morgan fingerprint density at radius 3 is 2.47 bits per heavy atom. The summed E-state index contributed by atoms with van der Waals surface area (Å²) in [4.78, 5) is 35.4. The minimum atomic E-state index is -0.832. The molecule has 9 heteroatoms. The number of aromatic nitrogens is 2. The van der Waals surface area contributed by atoms with E-state index in [2.05, 4.69) is 15.3 Å². The number of fused-ring (bicyclic) bond motifs is 1. The molecule has 0 saturated carbocycles. The third-order valence-electron chi connectivity index (χ3n) is 5.94. The van der Waals surface area contributed by atoms with Crippen molar-refractivity contribution in [2.24, 2.45) is 0 Å². The van der Waals surface area contributed by atoms with Gasteiger partial charge in [-0.05, 0) is 23.3 Å². The maximum Gasteiger partial charge on any atom is 0.328 e. The number of benzene rings is 2. The molecule has 0 bridgehead atoms. The average molecular weight is 465 g/mol. The maximum atomic E-state index is 13.6. The fraction of sp³-hybridized carbons (Fsp3) is 0.320. The van der Waals surface area contributed by atoms with Crippen LogP contribution >= 0.6 is 0 Å². The molecule has 1 aromatic heterocycles. The van der Waals surface area contributed by atoms with Crippen LogP contribution in [0, 0.1) is 0 Å². The van der Waals surface area contributed by atoms with E-state index in [1.165, 1.54) is 7.11 Å². The van der Waals surface area contributed by atoms with Crippen LogP contribution in [0.1, 0.15) is 28.6 Å². The van der Waals surface area contributed by atoms with Gasteiger partial charge in [-0.1, -0.05) is 30.3 Å². The van der Waals surface area contributed by atoms with E-state index < -0.39 is 18.1 Å². The molecule has 3 aromatic rings. The predicted octanol–water partition coefficient (Wildman–Crippen LogP) is 2.87. The van der Waals surface area contributed by atoms with Crippen LogP contribution in [0.2, 0.25) is 0 Å². The van der Waals surface area contributed by atoms with Crippen LogP contribution in [0.4, 0.5) is 4.79 Å². The second-order valence-electron chi connectivity index (χ2n) is 7.97. The van der Waals surface area contributed by atoms with Gasteiger partial charge >= 0.3 is 12.0 Å². The number of ether oxygens (including phenoxy) is 3. The zero-order valence-corrected chi connectivity index (χ0v) is 19.4. The highest BCUT2D eigenvalue weighted by Gasteiger charge is 2.36. The van der Waals surface area contributed by atoms with Crippen molar-refractivity contribution in [2.75, 3.05) is 27.9 Å². The van der Waals surface area contributed by atoms with Crippen LogP contribution < -0.4 is 14.8 Å². The molecular weight excluding hydrogens is 436 g/mol. The summed E-state index contributed by atoms with van der Waals surface area (Å²) in [5, 5.41) is 2.88. The summed E-state index contributed by atoms with van der Waals surface area (Å²) in [6.07, 6.45) is 2.56. The first-order valence-electron chi connectivity index (χ1n) is 11.0. The Balaban J connectivity index is 1.66. The number of hydrogen-bond donors (Lipinski definition) is 2. The van der Waals surface area contributed by atoms with E-state index in [4.69, 9.17) is 14.2 Å². The van der Waals surface area contributed by atoms with E-state index in [-0.39, 0.29) is 6.03 Å². The van der Waals surface area contributed by atoms with E-state index in [0.717, 1.165) is 22.5 Å². The molecule has 2 amide bonds. The molecule has 2 atom stereocenters. The first kappa shape index (κ1) is 23.2. The van der Waals surface area contributed by atoms with Crippen LogP contribution in [0.25, 0.3) is 0 Å². The van der Waals surface area contributed by atoms with E-state index in [1.807, 2.05) is 42.5 Å². The van der Waals surface area contributed by atoms with E-state index >= 15 is 0 Å². The summed E-state index contributed by atoms with van der Waals surface area (Å²) in [7, 11) is 4.47. The number of amides is 2. The largest absolute Gasteiger partial charge is 0.497 e. The number of imidazole rings is 1. The van der Waals surface area contributed by atoms with Crippen molar-refractivity contribution in [2.45, 2.75) is 24.9 Å². The van der Waals surface area contributed by atoms with Gasteiger partial charge in [-0.2, -0.15) is 0 Å². The molecule has 1 aliphatic rings. The van der Waals surface area contributed by atoms with Crippen molar-refractivity contribution in [3.63, 3.8) is 0 Å². The topological polar surface area (TPSA) is 106 Å². The fourth-order valence-electron chi connectivity index (χ4n) is 4.24. The molecule has 2 heterocycles. The number of hydrogen-bond acceptors (Lipinski definition) is 6. The number of carbonyl (C=O) groups excluding carboxylic acids is 2. The lowest BCUT2D eigenvalue weighted by Gasteiger charge is -2.36. The van der Waals surface area contributed by atoms with Gasteiger partial charge in [0.1, 0.15) is 23.6 Å². The molecule has 0 radical (unpaired) electrons. The summed E-state index contributed by atoms with van der Waals surface area (Å²) < 4.78 is 15.8. The number of aromatic amines is 1. The van der Waals surface area contributed by atoms with Gasteiger partial charge in [-0.25, -0.2) is 14.6 Å². The van der Waals surface area contributed by atoms with Crippen LogP contribution in [0.5, 0.6) is 11.5 Å². The van der Waals surface area contributed by atoms with Crippen molar-refractivity contribution in [3.8, 4) is 11.5 Å². The average Bonchev–Trinajstić information content (AvgIpc) is 3.36. The summed E-state index contributed by atoms with van der Waals surface area (Å²) in [5.74, 6) is 0.706. The van der Waals surface area contributed by atoms with Gasteiger partial charge in [-0.3, -0.25) is 0 Å². The predicted molar refractivity (Wildman–Crippen MR) is 125 cm³/mol. The Labute approximate surface area is 198 Å². The van der Waals surface area contributed by atoms with Gasteiger partial charge in [0, 0.05) is 31.1 Å². The molecule has 34 heavy (non-hydrogen) atoms. The number of carbonyl (C=O) groups is 2. The molecule has 2 N–H and O–H groups in total. The second kappa shape index (κ2) is 10.3. The summed E-state index contributed by atoms with van der Waals surface area (Å²) >= 11 is 0. The lowest BCUT2D eigenvalue weighted by Crippen LogP contribution is -2.52. The number of rotatable bonds is 7. The number of H-pyrrole nitrogens is 1. The van der Waals surface area contributed by atoms with Crippen molar-refractivity contribution in [3.05, 3.63) is 77.4 Å². The monoisotopic (exact) mass is 464 g/mol. The quantitative estimate of drug-likeness (QED) is 0.521. The minimum absolute atomic E-state index is 0.318. The third kappa shape index (κ3) is 4.83. The van der Waals surface area contributed by atoms with Crippen molar-refractivity contribution >= 4 is 12.0 Å². The van der Waals surface area contributed by atoms with E-state index in [1.54, 1.807) is 31.5 Å². The lowest BCUT2D eigenvalue weighted by molar-refractivity contribution is -0.142. The molecule has 178 valence electrons. The van der Waals surface area contributed by atoms with Gasteiger partial charge in [-0.15, -0.1) is 0 Å². The lowest BCUT2D eigenvalue weighted by atomic mass is 9.95. The number of esters is 1. The smallest absolute Gasteiger partial charge is 0.328 e. The molecule has 2 aromatic carbocycles. The Morgan fingerprint density at radius 1 is 1.12 bits per heavy atom.